The Kier molecular flexibility index (Phi) is 3.88. The molecule has 0 aliphatic heterocycles. The zero-order chi connectivity index (χ0) is 16.6. The van der Waals surface area contributed by atoms with E-state index < -0.39 is 11.7 Å². The van der Waals surface area contributed by atoms with E-state index in [1.165, 1.54) is 18.2 Å². The molecule has 0 radical (unpaired) electrons. The molecule has 0 fully saturated rings. The normalized spacial score (nSPS) is 10.9. The van der Waals surface area contributed by atoms with Crippen LogP contribution in [0.3, 0.4) is 0 Å². The van der Waals surface area contributed by atoms with E-state index in [2.05, 4.69) is 0 Å². The first-order chi connectivity index (χ1) is 11.0. The van der Waals surface area contributed by atoms with Crippen LogP contribution in [0.5, 0.6) is 0 Å². The summed E-state index contributed by atoms with van der Waals surface area (Å²) in [5.41, 5.74) is 1.13. The number of hydrogen-bond acceptors (Lipinski definition) is 4. The van der Waals surface area contributed by atoms with Crippen molar-refractivity contribution in [2.45, 2.75) is 13.3 Å². The molecule has 1 aromatic heterocycles. The van der Waals surface area contributed by atoms with E-state index in [4.69, 9.17) is 16.0 Å². The Morgan fingerprint density at radius 2 is 1.91 bits per heavy atom. The molecule has 23 heavy (non-hydrogen) atoms. The van der Waals surface area contributed by atoms with Crippen molar-refractivity contribution in [1.82, 2.24) is 4.57 Å². The summed E-state index contributed by atoms with van der Waals surface area (Å²) >= 11 is 6.01. The van der Waals surface area contributed by atoms with Crippen LogP contribution in [0.1, 0.15) is 34.1 Å². The first-order valence-corrected chi connectivity index (χ1v) is 7.38. The van der Waals surface area contributed by atoms with Gasteiger partial charge in [0.05, 0.1) is 16.1 Å². The highest BCUT2D eigenvalue weighted by Crippen LogP contribution is 2.20. The van der Waals surface area contributed by atoms with E-state index >= 15 is 0 Å². The lowest BCUT2D eigenvalue weighted by molar-refractivity contribution is 0.0955. The van der Waals surface area contributed by atoms with Gasteiger partial charge in [-0.2, -0.15) is 0 Å². The molecule has 0 unspecified atom stereocenters. The Morgan fingerprint density at radius 1 is 1.17 bits per heavy atom. The lowest BCUT2D eigenvalue weighted by Gasteiger charge is -2.03. The molecule has 5 nitrogen and oxygen atoms in total. The van der Waals surface area contributed by atoms with Gasteiger partial charge in [0.1, 0.15) is 0 Å². The molecule has 1 heterocycles. The van der Waals surface area contributed by atoms with Gasteiger partial charge in [-0.05, 0) is 30.3 Å². The Labute approximate surface area is 136 Å². The molecule has 0 spiro atoms. The molecule has 0 bridgehead atoms. The summed E-state index contributed by atoms with van der Waals surface area (Å²) < 4.78 is 6.02. The van der Waals surface area contributed by atoms with E-state index in [0.29, 0.717) is 17.5 Å². The predicted octanol–water partition coefficient (Wildman–Crippen LogP) is 3.53. The van der Waals surface area contributed by atoms with Crippen molar-refractivity contribution >= 4 is 34.4 Å². The second kappa shape index (κ2) is 5.85. The predicted molar refractivity (Wildman–Crippen MR) is 86.3 cm³/mol. The largest absolute Gasteiger partial charge is 0.427 e. The maximum atomic E-state index is 12.6. The minimum Gasteiger partial charge on any atom is -0.407 e. The number of aromatic nitrogens is 1. The number of ketones is 1. The number of benzene rings is 2. The molecule has 116 valence electrons. The van der Waals surface area contributed by atoms with E-state index in [9.17, 15) is 14.4 Å². The first-order valence-electron chi connectivity index (χ1n) is 7.01. The second-order valence-corrected chi connectivity index (χ2v) is 5.35. The zero-order valence-corrected chi connectivity index (χ0v) is 13.0. The van der Waals surface area contributed by atoms with Gasteiger partial charge in [-0.3, -0.25) is 9.59 Å². The maximum Gasteiger partial charge on any atom is 0.427 e. The van der Waals surface area contributed by atoms with Crippen LogP contribution in [0.25, 0.3) is 11.1 Å². The maximum absolute atomic E-state index is 12.6. The van der Waals surface area contributed by atoms with Crippen LogP contribution < -0.4 is 5.76 Å². The summed E-state index contributed by atoms with van der Waals surface area (Å²) in [5.74, 6) is -1.46. The monoisotopic (exact) mass is 329 g/mol. The van der Waals surface area contributed by atoms with E-state index in [-0.39, 0.29) is 22.0 Å². The van der Waals surface area contributed by atoms with E-state index in [0.717, 1.165) is 4.57 Å². The number of carbonyl (C=O) groups excluding carboxylic acids is 2. The Morgan fingerprint density at radius 3 is 2.61 bits per heavy atom. The molecular weight excluding hydrogens is 318 g/mol. The lowest BCUT2D eigenvalue weighted by atomic mass is 10.1. The number of Topliss-reactive ketones (excluding diaryl/α,β-unsaturated/α-hetero) is 1. The van der Waals surface area contributed by atoms with Crippen LogP contribution in [0.15, 0.2) is 51.7 Å². The standard InChI is InChI=1S/C17H12ClNO4/c1-2-14(20)10-7-8-13-15(9-10)23-17(22)19(13)16(21)11-5-3-4-6-12(11)18/h3-9H,2H2,1H3. The molecule has 0 atom stereocenters. The van der Waals surface area contributed by atoms with Gasteiger partial charge in [-0.15, -0.1) is 0 Å². The first kappa shape index (κ1) is 15.2. The summed E-state index contributed by atoms with van der Waals surface area (Å²) in [6.07, 6.45) is 0.342. The third-order valence-corrected chi connectivity index (χ3v) is 3.86. The van der Waals surface area contributed by atoms with Crippen LogP contribution >= 0.6 is 11.6 Å². The third kappa shape index (κ3) is 2.59. The Hall–Kier alpha value is -2.66. The lowest BCUT2D eigenvalue weighted by Crippen LogP contribution is -2.23. The van der Waals surface area contributed by atoms with Crippen molar-refractivity contribution in [3.05, 3.63) is 69.2 Å². The smallest absolute Gasteiger partial charge is 0.407 e. The molecule has 2 aromatic carbocycles. The van der Waals surface area contributed by atoms with Gasteiger partial charge in [0.2, 0.25) is 0 Å². The number of rotatable bonds is 3. The number of halogens is 1. The quantitative estimate of drug-likeness (QED) is 0.689. The molecule has 3 aromatic rings. The molecule has 0 aliphatic carbocycles. The molecule has 0 saturated heterocycles. The van der Waals surface area contributed by atoms with Gasteiger partial charge in [-0.1, -0.05) is 30.7 Å². The molecule has 3 rings (SSSR count). The Balaban J connectivity index is 2.17. The summed E-state index contributed by atoms with van der Waals surface area (Å²) in [5, 5.41) is 0.247. The van der Waals surface area contributed by atoms with Gasteiger partial charge in [0.15, 0.2) is 11.4 Å². The summed E-state index contributed by atoms with van der Waals surface area (Å²) in [6, 6.07) is 11.0. The summed E-state index contributed by atoms with van der Waals surface area (Å²) in [7, 11) is 0. The SMILES string of the molecule is CCC(=O)c1ccc2c(c1)oc(=O)n2C(=O)c1ccccc1Cl. The van der Waals surface area contributed by atoms with Crippen molar-refractivity contribution in [3.8, 4) is 0 Å². The highest BCUT2D eigenvalue weighted by Gasteiger charge is 2.20. The van der Waals surface area contributed by atoms with E-state index in [1.807, 2.05) is 0 Å². The Bertz CT molecular complexity index is 984. The fraction of sp³-hybridized carbons (Fsp3) is 0.118. The minimum atomic E-state index is -0.814. The zero-order valence-electron chi connectivity index (χ0n) is 12.2. The van der Waals surface area contributed by atoms with Gasteiger partial charge in [0, 0.05) is 12.0 Å². The minimum absolute atomic E-state index is 0.0697. The average Bonchev–Trinajstić information content (AvgIpc) is 2.88. The summed E-state index contributed by atoms with van der Waals surface area (Å²) in [6.45, 7) is 1.74. The van der Waals surface area contributed by atoms with Crippen LogP contribution in [-0.2, 0) is 0 Å². The van der Waals surface area contributed by atoms with Crippen molar-refractivity contribution in [2.75, 3.05) is 0 Å². The van der Waals surface area contributed by atoms with Crippen LogP contribution in [0.4, 0.5) is 0 Å². The molecule has 0 aliphatic rings. The van der Waals surface area contributed by atoms with Crippen LogP contribution in [-0.4, -0.2) is 16.3 Å². The second-order valence-electron chi connectivity index (χ2n) is 4.95. The highest BCUT2D eigenvalue weighted by atomic mass is 35.5. The summed E-state index contributed by atoms with van der Waals surface area (Å²) in [4.78, 5) is 36.4. The van der Waals surface area contributed by atoms with Gasteiger partial charge in [0.25, 0.3) is 5.91 Å². The molecule has 0 amide bonds. The van der Waals surface area contributed by atoms with Crippen molar-refractivity contribution in [2.24, 2.45) is 0 Å². The van der Waals surface area contributed by atoms with Crippen molar-refractivity contribution < 1.29 is 14.0 Å². The molecular formula is C17H12ClNO4. The number of carbonyl (C=O) groups is 2. The highest BCUT2D eigenvalue weighted by molar-refractivity contribution is 6.34. The van der Waals surface area contributed by atoms with Crippen LogP contribution in [0, 0.1) is 0 Å². The molecule has 0 saturated carbocycles. The molecule has 6 heteroatoms. The number of hydrogen-bond donors (Lipinski definition) is 0. The average molecular weight is 330 g/mol. The molecule has 0 N–H and O–H groups in total. The topological polar surface area (TPSA) is 69.3 Å². The van der Waals surface area contributed by atoms with Crippen molar-refractivity contribution in [3.63, 3.8) is 0 Å². The van der Waals surface area contributed by atoms with Gasteiger partial charge in [-0.25, -0.2) is 9.36 Å². The van der Waals surface area contributed by atoms with Crippen molar-refractivity contribution in [1.29, 1.82) is 0 Å². The van der Waals surface area contributed by atoms with Gasteiger partial charge >= 0.3 is 5.76 Å². The number of fused-ring (bicyclic) bond motifs is 1. The van der Waals surface area contributed by atoms with Gasteiger partial charge < -0.3 is 4.42 Å². The number of nitrogens with zero attached hydrogens (tertiary/aromatic N) is 1. The fourth-order valence-corrected chi connectivity index (χ4v) is 2.56. The third-order valence-electron chi connectivity index (χ3n) is 3.53. The fourth-order valence-electron chi connectivity index (χ4n) is 2.34. The number of oxazole rings is 1. The van der Waals surface area contributed by atoms with E-state index in [1.54, 1.807) is 31.2 Å². The van der Waals surface area contributed by atoms with Crippen LogP contribution in [0.2, 0.25) is 5.02 Å².